The summed E-state index contributed by atoms with van der Waals surface area (Å²) < 4.78 is 5.41. The van der Waals surface area contributed by atoms with Gasteiger partial charge in [0.1, 0.15) is 6.04 Å². The van der Waals surface area contributed by atoms with Crippen molar-refractivity contribution >= 4 is 5.91 Å². The van der Waals surface area contributed by atoms with E-state index in [1.807, 2.05) is 43.1 Å². The first kappa shape index (κ1) is 18.0. The summed E-state index contributed by atoms with van der Waals surface area (Å²) in [6.07, 6.45) is 3.31. The summed E-state index contributed by atoms with van der Waals surface area (Å²) in [5.41, 5.74) is 2.25. The highest BCUT2D eigenvalue weighted by molar-refractivity contribution is 5.83. The molecule has 0 radical (unpaired) electrons. The summed E-state index contributed by atoms with van der Waals surface area (Å²) in [5, 5.41) is 0. The second kappa shape index (κ2) is 8.46. The number of hydrogen-bond donors (Lipinski definition) is 0. The second-order valence-corrected chi connectivity index (χ2v) is 6.88. The first-order valence-corrected chi connectivity index (χ1v) is 8.54. The van der Waals surface area contributed by atoms with Crippen molar-refractivity contribution in [3.8, 4) is 0 Å². The summed E-state index contributed by atoms with van der Waals surface area (Å²) in [6.45, 7) is 4.62. The van der Waals surface area contributed by atoms with Gasteiger partial charge in [-0.25, -0.2) is 0 Å². The highest BCUT2D eigenvalue weighted by atomic mass is 16.5. The molecule has 0 bridgehead atoms. The van der Waals surface area contributed by atoms with Crippen LogP contribution in [0, 0.1) is 12.8 Å². The molecule has 1 aromatic rings. The summed E-state index contributed by atoms with van der Waals surface area (Å²) in [4.78, 5) is 16.8. The summed E-state index contributed by atoms with van der Waals surface area (Å²) >= 11 is 0. The number of likely N-dealkylation sites (N-methyl/N-ethyl adjacent to an activating group) is 2. The first-order chi connectivity index (χ1) is 11.0. The van der Waals surface area contributed by atoms with Gasteiger partial charge in [-0.1, -0.05) is 29.8 Å². The molecule has 0 aromatic heterocycles. The highest BCUT2D eigenvalue weighted by Crippen LogP contribution is 2.23. The van der Waals surface area contributed by atoms with Gasteiger partial charge in [0.15, 0.2) is 0 Å². The number of carbonyl (C=O) groups is 1. The number of benzene rings is 1. The van der Waals surface area contributed by atoms with Crippen LogP contribution in [-0.4, -0.2) is 56.6 Å². The van der Waals surface area contributed by atoms with Crippen LogP contribution in [0.25, 0.3) is 0 Å². The predicted octanol–water partition coefficient (Wildman–Crippen LogP) is 2.87. The van der Waals surface area contributed by atoms with E-state index in [-0.39, 0.29) is 11.9 Å². The van der Waals surface area contributed by atoms with Crippen LogP contribution in [0.2, 0.25) is 0 Å². The maximum Gasteiger partial charge on any atom is 0.244 e. The van der Waals surface area contributed by atoms with Crippen LogP contribution in [0.1, 0.15) is 36.4 Å². The summed E-state index contributed by atoms with van der Waals surface area (Å²) in [5.74, 6) is 0.864. The predicted molar refractivity (Wildman–Crippen MR) is 93.4 cm³/mol. The third-order valence-corrected chi connectivity index (χ3v) is 4.70. The smallest absolute Gasteiger partial charge is 0.244 e. The third-order valence-electron chi connectivity index (χ3n) is 4.70. The Kier molecular flexibility index (Phi) is 6.60. The Morgan fingerprint density at radius 3 is 2.57 bits per heavy atom. The number of hydrogen-bond acceptors (Lipinski definition) is 3. The van der Waals surface area contributed by atoms with Gasteiger partial charge < -0.3 is 9.64 Å². The molecule has 1 heterocycles. The average Bonchev–Trinajstić information content (AvgIpc) is 2.53. The molecule has 1 aliphatic heterocycles. The van der Waals surface area contributed by atoms with Crippen molar-refractivity contribution in [1.29, 1.82) is 0 Å². The number of amides is 1. The summed E-state index contributed by atoms with van der Waals surface area (Å²) in [7, 11) is 5.86. The Labute approximate surface area is 140 Å². The Morgan fingerprint density at radius 1 is 1.26 bits per heavy atom. The molecule has 4 nitrogen and oxygen atoms in total. The van der Waals surface area contributed by atoms with Crippen molar-refractivity contribution < 1.29 is 9.53 Å². The third kappa shape index (κ3) is 5.05. The van der Waals surface area contributed by atoms with Crippen molar-refractivity contribution in [3.63, 3.8) is 0 Å². The normalized spacial score (nSPS) is 17.3. The fourth-order valence-corrected chi connectivity index (χ4v) is 3.23. The van der Waals surface area contributed by atoms with E-state index in [1.165, 1.54) is 5.56 Å². The molecular formula is C19H30N2O2. The van der Waals surface area contributed by atoms with Crippen LogP contribution in [-0.2, 0) is 9.53 Å². The molecule has 128 valence electrons. The minimum absolute atomic E-state index is 0.174. The van der Waals surface area contributed by atoms with Gasteiger partial charge in [-0.2, -0.15) is 0 Å². The van der Waals surface area contributed by atoms with Gasteiger partial charge in [0, 0.05) is 26.8 Å². The van der Waals surface area contributed by atoms with Gasteiger partial charge in [0.25, 0.3) is 0 Å². The molecule has 1 aliphatic rings. The minimum atomic E-state index is -0.213. The lowest BCUT2D eigenvalue weighted by atomic mass is 9.96. The molecule has 0 aliphatic carbocycles. The van der Waals surface area contributed by atoms with Crippen molar-refractivity contribution in [2.24, 2.45) is 5.92 Å². The highest BCUT2D eigenvalue weighted by Gasteiger charge is 2.26. The molecule has 0 saturated carbocycles. The Balaban J connectivity index is 1.99. The van der Waals surface area contributed by atoms with E-state index in [9.17, 15) is 4.79 Å². The van der Waals surface area contributed by atoms with E-state index < -0.39 is 0 Å². The molecule has 2 rings (SSSR count). The Morgan fingerprint density at radius 2 is 1.96 bits per heavy atom. The van der Waals surface area contributed by atoms with E-state index in [2.05, 4.69) is 19.1 Å². The SMILES string of the molecule is Cc1cccc([C@H](C(=O)N(C)CCC2CCOCC2)N(C)C)c1. The number of ether oxygens (including phenoxy) is 1. The number of rotatable bonds is 6. The van der Waals surface area contributed by atoms with Gasteiger partial charge in [-0.05, 0) is 51.8 Å². The van der Waals surface area contributed by atoms with E-state index in [4.69, 9.17) is 4.74 Å². The van der Waals surface area contributed by atoms with Gasteiger partial charge in [0.2, 0.25) is 5.91 Å². The number of carbonyl (C=O) groups excluding carboxylic acids is 1. The van der Waals surface area contributed by atoms with Gasteiger partial charge >= 0.3 is 0 Å². The van der Waals surface area contributed by atoms with Crippen molar-refractivity contribution in [2.45, 2.75) is 32.2 Å². The standard InChI is InChI=1S/C19H30N2O2/c1-15-6-5-7-17(14-15)18(20(2)3)19(22)21(4)11-8-16-9-12-23-13-10-16/h5-7,14,16,18H,8-13H2,1-4H3/t18-/m1/s1. The topological polar surface area (TPSA) is 32.8 Å². The summed E-state index contributed by atoms with van der Waals surface area (Å²) in [6, 6.07) is 8.03. The van der Waals surface area contributed by atoms with Crippen LogP contribution in [0.5, 0.6) is 0 Å². The molecular weight excluding hydrogens is 288 g/mol. The molecule has 1 fully saturated rings. The van der Waals surface area contributed by atoms with Crippen LogP contribution in [0.3, 0.4) is 0 Å². The quantitative estimate of drug-likeness (QED) is 0.808. The Bertz CT molecular complexity index is 510. The maximum absolute atomic E-state index is 12.9. The fraction of sp³-hybridized carbons (Fsp3) is 0.632. The molecule has 1 saturated heterocycles. The van der Waals surface area contributed by atoms with E-state index in [0.29, 0.717) is 5.92 Å². The molecule has 0 spiro atoms. The molecule has 0 unspecified atom stereocenters. The lowest BCUT2D eigenvalue weighted by Crippen LogP contribution is -2.39. The largest absolute Gasteiger partial charge is 0.381 e. The second-order valence-electron chi connectivity index (χ2n) is 6.88. The van der Waals surface area contributed by atoms with Crippen molar-refractivity contribution in [1.82, 2.24) is 9.80 Å². The first-order valence-electron chi connectivity index (χ1n) is 8.54. The van der Waals surface area contributed by atoms with Crippen LogP contribution >= 0.6 is 0 Å². The molecule has 4 heteroatoms. The van der Waals surface area contributed by atoms with Crippen molar-refractivity contribution in [2.75, 3.05) is 40.9 Å². The van der Waals surface area contributed by atoms with Gasteiger partial charge in [0.05, 0.1) is 0 Å². The van der Waals surface area contributed by atoms with E-state index in [1.54, 1.807) is 0 Å². The molecule has 23 heavy (non-hydrogen) atoms. The zero-order valence-electron chi connectivity index (χ0n) is 14.9. The van der Waals surface area contributed by atoms with Gasteiger partial charge in [-0.3, -0.25) is 9.69 Å². The number of aryl methyl sites for hydroxylation is 1. The molecule has 1 amide bonds. The van der Waals surface area contributed by atoms with Gasteiger partial charge in [-0.15, -0.1) is 0 Å². The Hall–Kier alpha value is -1.39. The zero-order valence-corrected chi connectivity index (χ0v) is 14.9. The monoisotopic (exact) mass is 318 g/mol. The molecule has 1 atom stereocenters. The van der Waals surface area contributed by atoms with Crippen LogP contribution in [0.15, 0.2) is 24.3 Å². The van der Waals surface area contributed by atoms with E-state index >= 15 is 0 Å². The lowest BCUT2D eigenvalue weighted by molar-refractivity contribution is -0.135. The average molecular weight is 318 g/mol. The van der Waals surface area contributed by atoms with E-state index in [0.717, 1.165) is 44.6 Å². The minimum Gasteiger partial charge on any atom is -0.381 e. The maximum atomic E-state index is 12.9. The van der Waals surface area contributed by atoms with Crippen LogP contribution in [0.4, 0.5) is 0 Å². The van der Waals surface area contributed by atoms with Crippen LogP contribution < -0.4 is 0 Å². The fourth-order valence-electron chi connectivity index (χ4n) is 3.23. The molecule has 0 N–H and O–H groups in total. The zero-order chi connectivity index (χ0) is 16.8. The van der Waals surface area contributed by atoms with Crippen molar-refractivity contribution in [3.05, 3.63) is 35.4 Å². The lowest BCUT2D eigenvalue weighted by Gasteiger charge is -2.30. The number of nitrogens with zero attached hydrogens (tertiary/aromatic N) is 2. The molecule has 1 aromatic carbocycles.